The fraction of sp³-hybridized carbons (Fsp3) is 0.400. The number of sulfonamides is 1. The summed E-state index contributed by atoms with van der Waals surface area (Å²) in [6.07, 6.45) is 6.51. The van der Waals surface area contributed by atoms with Crippen molar-refractivity contribution < 1.29 is 13.2 Å². The van der Waals surface area contributed by atoms with Crippen LogP contribution in [-0.4, -0.2) is 45.6 Å². The fourth-order valence-corrected chi connectivity index (χ4v) is 7.93. The van der Waals surface area contributed by atoms with Crippen molar-refractivity contribution in [2.24, 2.45) is 0 Å². The van der Waals surface area contributed by atoms with Crippen LogP contribution in [-0.2, 0) is 10.0 Å². The van der Waals surface area contributed by atoms with Gasteiger partial charge in [-0.1, -0.05) is 60.8 Å². The zero-order valence-corrected chi connectivity index (χ0v) is 22.9. The maximum atomic E-state index is 14.0. The number of methoxy groups -OCH3 is 1. The Labute approximate surface area is 226 Å². The topological polar surface area (TPSA) is 49.9 Å². The molecule has 0 spiro atoms. The number of anilines is 1. The molecule has 0 unspecified atom stereocenters. The molecular weight excluding hydrogens is 504 g/mol. The molecule has 1 saturated carbocycles. The van der Waals surface area contributed by atoms with E-state index in [0.717, 1.165) is 25.9 Å². The second kappa shape index (κ2) is 11.5. The van der Waals surface area contributed by atoms with Crippen molar-refractivity contribution in [2.45, 2.75) is 61.4 Å². The summed E-state index contributed by atoms with van der Waals surface area (Å²) in [5.41, 5.74) is 2.06. The number of hydrogen-bond donors (Lipinski definition) is 0. The van der Waals surface area contributed by atoms with Crippen LogP contribution >= 0.6 is 11.6 Å². The third-order valence-electron chi connectivity index (χ3n) is 7.94. The van der Waals surface area contributed by atoms with E-state index in [1.54, 1.807) is 35.7 Å². The molecule has 5 rings (SSSR count). The molecule has 5 nitrogen and oxygen atoms in total. The van der Waals surface area contributed by atoms with Crippen molar-refractivity contribution in [1.29, 1.82) is 0 Å². The minimum Gasteiger partial charge on any atom is -0.497 e. The molecule has 1 saturated heterocycles. The van der Waals surface area contributed by atoms with Gasteiger partial charge in [0.2, 0.25) is 0 Å². The van der Waals surface area contributed by atoms with E-state index in [-0.39, 0.29) is 10.9 Å². The molecule has 2 fully saturated rings. The number of ether oxygens (including phenoxy) is 1. The molecular formula is C30H35ClN2O3S. The first-order chi connectivity index (χ1) is 18.0. The van der Waals surface area contributed by atoms with Crippen molar-refractivity contribution in [3.05, 3.63) is 89.4 Å². The average molecular weight is 539 g/mol. The van der Waals surface area contributed by atoms with E-state index in [1.807, 2.05) is 24.3 Å². The Kier molecular flexibility index (Phi) is 8.08. The third kappa shape index (κ3) is 5.66. The lowest BCUT2D eigenvalue weighted by molar-refractivity contribution is 0.107. The van der Waals surface area contributed by atoms with Gasteiger partial charge in [0.25, 0.3) is 10.0 Å². The Morgan fingerprint density at radius 3 is 2.27 bits per heavy atom. The molecule has 7 heteroatoms. The number of hydrogen-bond acceptors (Lipinski definition) is 4. The molecule has 2 aliphatic rings. The summed E-state index contributed by atoms with van der Waals surface area (Å²) >= 11 is 6.06. The number of nitrogens with zero attached hydrogens (tertiary/aromatic N) is 2. The van der Waals surface area contributed by atoms with Crippen LogP contribution < -0.4 is 9.04 Å². The van der Waals surface area contributed by atoms with E-state index in [9.17, 15) is 8.42 Å². The SMILES string of the molecule is COc1cccc(N(C2CCN([C@@H]3CCCC[C@@H]3c3ccccc3)CC2)S(=O)(=O)c2ccc(Cl)cc2)c1. The lowest BCUT2D eigenvalue weighted by Crippen LogP contribution is -2.51. The Morgan fingerprint density at radius 2 is 1.57 bits per heavy atom. The zero-order valence-electron chi connectivity index (χ0n) is 21.3. The van der Waals surface area contributed by atoms with Gasteiger partial charge in [-0.25, -0.2) is 8.42 Å². The van der Waals surface area contributed by atoms with Crippen molar-refractivity contribution in [3.8, 4) is 5.75 Å². The minimum atomic E-state index is -3.79. The lowest BCUT2D eigenvalue weighted by atomic mass is 9.78. The van der Waals surface area contributed by atoms with Gasteiger partial charge in [-0.15, -0.1) is 0 Å². The highest BCUT2D eigenvalue weighted by atomic mass is 35.5. The van der Waals surface area contributed by atoms with E-state index in [2.05, 4.69) is 35.2 Å². The molecule has 196 valence electrons. The molecule has 1 heterocycles. The molecule has 0 amide bonds. The third-order valence-corrected chi connectivity index (χ3v) is 10.1. The quantitative estimate of drug-likeness (QED) is 0.334. The summed E-state index contributed by atoms with van der Waals surface area (Å²) in [5, 5.41) is 0.514. The number of halogens is 1. The highest BCUT2D eigenvalue weighted by Crippen LogP contribution is 2.39. The highest BCUT2D eigenvalue weighted by molar-refractivity contribution is 7.92. The fourth-order valence-electron chi connectivity index (χ4n) is 6.10. The van der Waals surface area contributed by atoms with Crippen molar-refractivity contribution in [2.75, 3.05) is 24.5 Å². The molecule has 0 radical (unpaired) electrons. The maximum Gasteiger partial charge on any atom is 0.264 e. The van der Waals surface area contributed by atoms with Crippen LogP contribution in [0.15, 0.2) is 83.8 Å². The first-order valence-electron chi connectivity index (χ1n) is 13.2. The van der Waals surface area contributed by atoms with Gasteiger partial charge < -0.3 is 4.74 Å². The number of likely N-dealkylation sites (tertiary alicyclic amines) is 1. The summed E-state index contributed by atoms with van der Waals surface area (Å²) < 4.78 is 35.0. The Balaban J connectivity index is 1.40. The second-order valence-electron chi connectivity index (χ2n) is 10.1. The van der Waals surface area contributed by atoms with Gasteiger partial charge in [0.05, 0.1) is 17.7 Å². The van der Waals surface area contributed by atoms with E-state index in [0.29, 0.717) is 28.4 Å². The average Bonchev–Trinajstić information content (AvgIpc) is 2.94. The first-order valence-corrected chi connectivity index (χ1v) is 15.0. The Bertz CT molecular complexity index is 1280. The smallest absolute Gasteiger partial charge is 0.264 e. The second-order valence-corrected chi connectivity index (χ2v) is 12.3. The van der Waals surface area contributed by atoms with E-state index in [4.69, 9.17) is 16.3 Å². The maximum absolute atomic E-state index is 14.0. The van der Waals surface area contributed by atoms with Crippen LogP contribution in [0.2, 0.25) is 5.02 Å². The number of piperidine rings is 1. The van der Waals surface area contributed by atoms with Crippen LogP contribution in [0.25, 0.3) is 0 Å². The standard InChI is InChI=1S/C30H35ClN2O3S/c1-36-27-11-7-10-26(22-27)33(37(34,35)28-16-14-24(31)15-17-28)25-18-20-32(21-19-25)30-13-6-5-12-29(30)23-8-3-2-4-9-23/h2-4,7-11,14-17,22,25,29-30H,5-6,12-13,18-21H2,1H3/t29-,30-/m1/s1. The van der Waals surface area contributed by atoms with Crippen LogP contribution in [0.5, 0.6) is 5.75 Å². The molecule has 37 heavy (non-hydrogen) atoms. The lowest BCUT2D eigenvalue weighted by Gasteiger charge is -2.45. The Morgan fingerprint density at radius 1 is 0.865 bits per heavy atom. The van der Waals surface area contributed by atoms with Crippen molar-refractivity contribution >= 4 is 27.3 Å². The normalized spacial score (nSPS) is 21.5. The van der Waals surface area contributed by atoms with Crippen molar-refractivity contribution in [3.63, 3.8) is 0 Å². The molecule has 0 bridgehead atoms. The Hall–Kier alpha value is -2.54. The molecule has 3 aromatic carbocycles. The minimum absolute atomic E-state index is 0.136. The zero-order chi connectivity index (χ0) is 25.8. The van der Waals surface area contributed by atoms with Gasteiger partial charge >= 0.3 is 0 Å². The van der Waals surface area contributed by atoms with Gasteiger partial charge in [0, 0.05) is 36.3 Å². The van der Waals surface area contributed by atoms with Gasteiger partial charge in [0.15, 0.2) is 0 Å². The molecule has 3 aromatic rings. The summed E-state index contributed by atoms with van der Waals surface area (Å²) in [6.45, 7) is 1.77. The summed E-state index contributed by atoms with van der Waals surface area (Å²) in [5.74, 6) is 1.18. The van der Waals surface area contributed by atoms with Crippen LogP contribution in [0, 0.1) is 0 Å². The van der Waals surface area contributed by atoms with Crippen molar-refractivity contribution in [1.82, 2.24) is 4.90 Å². The molecule has 1 aliphatic heterocycles. The van der Waals surface area contributed by atoms with Crippen LogP contribution in [0.3, 0.4) is 0 Å². The van der Waals surface area contributed by atoms with E-state index >= 15 is 0 Å². The van der Waals surface area contributed by atoms with Gasteiger partial charge in [-0.05, 0) is 73.6 Å². The highest BCUT2D eigenvalue weighted by Gasteiger charge is 2.38. The number of benzene rings is 3. The van der Waals surface area contributed by atoms with Crippen LogP contribution in [0.1, 0.15) is 50.0 Å². The molecule has 2 atom stereocenters. The van der Waals surface area contributed by atoms with E-state index in [1.165, 1.54) is 31.2 Å². The molecule has 1 aliphatic carbocycles. The van der Waals surface area contributed by atoms with E-state index < -0.39 is 10.0 Å². The first kappa shape index (κ1) is 26.1. The van der Waals surface area contributed by atoms with Gasteiger partial charge in [-0.2, -0.15) is 0 Å². The molecule has 0 aromatic heterocycles. The monoisotopic (exact) mass is 538 g/mol. The summed E-state index contributed by atoms with van der Waals surface area (Å²) in [7, 11) is -2.19. The van der Waals surface area contributed by atoms with Gasteiger partial charge in [0.1, 0.15) is 5.75 Å². The number of rotatable bonds is 7. The summed E-state index contributed by atoms with van der Waals surface area (Å²) in [6, 6.07) is 25.1. The summed E-state index contributed by atoms with van der Waals surface area (Å²) in [4.78, 5) is 2.87. The largest absolute Gasteiger partial charge is 0.497 e. The molecule has 0 N–H and O–H groups in total. The van der Waals surface area contributed by atoms with Gasteiger partial charge in [-0.3, -0.25) is 9.21 Å². The predicted molar refractivity (Wildman–Crippen MR) is 150 cm³/mol. The predicted octanol–water partition coefficient (Wildman–Crippen LogP) is 6.73. The van der Waals surface area contributed by atoms with Crippen LogP contribution in [0.4, 0.5) is 5.69 Å².